The molecular formula is C14H19N5O2. The second-order valence-electron chi connectivity index (χ2n) is 5.33. The van der Waals surface area contributed by atoms with Crippen molar-refractivity contribution in [1.29, 1.82) is 0 Å². The highest BCUT2D eigenvalue weighted by Gasteiger charge is 2.15. The van der Waals surface area contributed by atoms with Gasteiger partial charge in [0.05, 0.1) is 5.69 Å². The number of nitrogens with one attached hydrogen (secondary N) is 1. The topological polar surface area (TPSA) is 85.8 Å². The second-order valence-corrected chi connectivity index (χ2v) is 5.33. The van der Waals surface area contributed by atoms with Gasteiger partial charge in [-0.3, -0.25) is 4.79 Å². The summed E-state index contributed by atoms with van der Waals surface area (Å²) in [7, 11) is 0. The Morgan fingerprint density at radius 3 is 3.10 bits per heavy atom. The number of amides is 1. The molecule has 0 saturated carbocycles. The number of carbonyl (C=O) groups excluding carboxylic acids is 1. The first-order valence-corrected chi connectivity index (χ1v) is 7.36. The molecule has 0 aliphatic carbocycles. The van der Waals surface area contributed by atoms with E-state index in [1.54, 1.807) is 13.0 Å². The predicted octanol–water partition coefficient (Wildman–Crippen LogP) is 1.27. The molecule has 21 heavy (non-hydrogen) atoms. The zero-order chi connectivity index (χ0) is 14.7. The van der Waals surface area contributed by atoms with Gasteiger partial charge in [-0.1, -0.05) is 11.6 Å². The average molecular weight is 289 g/mol. The number of nitrogens with zero attached hydrogens (tertiary/aromatic N) is 4. The number of hydrogen-bond acceptors (Lipinski definition) is 5. The molecule has 3 rings (SSSR count). The number of aryl methyl sites for hydroxylation is 2. The second kappa shape index (κ2) is 6.07. The molecule has 0 spiro atoms. The van der Waals surface area contributed by atoms with E-state index in [2.05, 4.69) is 25.2 Å². The first kappa shape index (κ1) is 13.8. The maximum absolute atomic E-state index is 11.8. The Morgan fingerprint density at radius 1 is 1.38 bits per heavy atom. The standard InChI is InChI=1S/C14H19N5O2/c1-10-9-11(21-18-10)14(20)15-7-6-13-17-16-12-5-3-2-4-8-19(12)13/h9H,2-8H2,1H3,(H,15,20). The fourth-order valence-electron chi connectivity index (χ4n) is 2.58. The van der Waals surface area contributed by atoms with Crippen LogP contribution < -0.4 is 5.32 Å². The van der Waals surface area contributed by atoms with Gasteiger partial charge in [0.25, 0.3) is 5.91 Å². The lowest BCUT2D eigenvalue weighted by molar-refractivity contribution is 0.0917. The summed E-state index contributed by atoms with van der Waals surface area (Å²) < 4.78 is 7.12. The molecule has 112 valence electrons. The molecule has 1 aliphatic heterocycles. The summed E-state index contributed by atoms with van der Waals surface area (Å²) in [6.07, 6.45) is 5.26. The summed E-state index contributed by atoms with van der Waals surface area (Å²) in [4.78, 5) is 11.8. The zero-order valence-electron chi connectivity index (χ0n) is 12.1. The lowest BCUT2D eigenvalue weighted by Gasteiger charge is -2.07. The molecule has 0 saturated heterocycles. The molecule has 0 atom stereocenters. The monoisotopic (exact) mass is 289 g/mol. The van der Waals surface area contributed by atoms with E-state index >= 15 is 0 Å². The Labute approximate surface area is 122 Å². The maximum atomic E-state index is 11.8. The van der Waals surface area contributed by atoms with E-state index in [1.807, 2.05) is 0 Å². The van der Waals surface area contributed by atoms with Crippen molar-refractivity contribution < 1.29 is 9.32 Å². The van der Waals surface area contributed by atoms with E-state index in [0.29, 0.717) is 18.7 Å². The van der Waals surface area contributed by atoms with Crippen LogP contribution in [0.4, 0.5) is 0 Å². The molecule has 3 heterocycles. The highest BCUT2D eigenvalue weighted by Crippen LogP contribution is 2.14. The smallest absolute Gasteiger partial charge is 0.289 e. The van der Waals surface area contributed by atoms with Gasteiger partial charge >= 0.3 is 0 Å². The number of carbonyl (C=O) groups is 1. The van der Waals surface area contributed by atoms with Crippen LogP contribution in [0.1, 0.15) is 47.2 Å². The lowest BCUT2D eigenvalue weighted by Crippen LogP contribution is -2.26. The van der Waals surface area contributed by atoms with E-state index in [4.69, 9.17) is 4.52 Å². The van der Waals surface area contributed by atoms with Gasteiger partial charge in [0.15, 0.2) is 0 Å². The van der Waals surface area contributed by atoms with Gasteiger partial charge in [-0.05, 0) is 19.8 Å². The molecule has 1 aliphatic rings. The Morgan fingerprint density at radius 2 is 2.29 bits per heavy atom. The number of aromatic nitrogens is 4. The Balaban J connectivity index is 1.56. The first-order valence-electron chi connectivity index (χ1n) is 7.36. The highest BCUT2D eigenvalue weighted by atomic mass is 16.5. The molecule has 7 heteroatoms. The molecule has 0 radical (unpaired) electrons. The van der Waals surface area contributed by atoms with Gasteiger partial charge in [-0.25, -0.2) is 0 Å². The number of hydrogen-bond donors (Lipinski definition) is 1. The Hall–Kier alpha value is -2.18. The van der Waals surface area contributed by atoms with Crippen molar-refractivity contribution in [3.8, 4) is 0 Å². The number of rotatable bonds is 4. The van der Waals surface area contributed by atoms with Crippen LogP contribution in [0.5, 0.6) is 0 Å². The molecule has 1 N–H and O–H groups in total. The van der Waals surface area contributed by atoms with Gasteiger partial charge in [-0.15, -0.1) is 10.2 Å². The quantitative estimate of drug-likeness (QED) is 0.916. The first-order chi connectivity index (χ1) is 10.2. The molecular weight excluding hydrogens is 270 g/mol. The van der Waals surface area contributed by atoms with Crippen molar-refractivity contribution in [2.24, 2.45) is 0 Å². The summed E-state index contributed by atoms with van der Waals surface area (Å²) >= 11 is 0. The predicted molar refractivity (Wildman–Crippen MR) is 74.9 cm³/mol. The van der Waals surface area contributed by atoms with E-state index < -0.39 is 0 Å². The minimum absolute atomic E-state index is 0.243. The summed E-state index contributed by atoms with van der Waals surface area (Å²) in [5, 5.41) is 15.0. The molecule has 2 aromatic heterocycles. The van der Waals surface area contributed by atoms with Crippen molar-refractivity contribution in [2.45, 2.75) is 45.6 Å². The fourth-order valence-corrected chi connectivity index (χ4v) is 2.58. The van der Waals surface area contributed by atoms with Crippen molar-refractivity contribution in [1.82, 2.24) is 25.2 Å². The van der Waals surface area contributed by atoms with Crippen LogP contribution in [-0.4, -0.2) is 32.4 Å². The number of fused-ring (bicyclic) bond motifs is 1. The maximum Gasteiger partial charge on any atom is 0.289 e. The summed E-state index contributed by atoms with van der Waals surface area (Å²) in [5.41, 5.74) is 0.697. The molecule has 0 aromatic carbocycles. The van der Waals surface area contributed by atoms with E-state index in [1.165, 1.54) is 19.3 Å². The lowest BCUT2D eigenvalue weighted by atomic mass is 10.2. The SMILES string of the molecule is Cc1cc(C(=O)NCCc2nnc3n2CCCCC3)on1. The van der Waals surface area contributed by atoms with Gasteiger partial charge in [0.1, 0.15) is 11.6 Å². The van der Waals surface area contributed by atoms with Crippen molar-refractivity contribution in [3.63, 3.8) is 0 Å². The van der Waals surface area contributed by atoms with Gasteiger partial charge in [0.2, 0.25) is 5.76 Å². The summed E-state index contributed by atoms with van der Waals surface area (Å²) in [5.74, 6) is 2.01. The van der Waals surface area contributed by atoms with Crippen LogP contribution in [0.2, 0.25) is 0 Å². The Kier molecular flexibility index (Phi) is 3.98. The molecule has 0 bridgehead atoms. The van der Waals surface area contributed by atoms with Gasteiger partial charge in [-0.2, -0.15) is 0 Å². The van der Waals surface area contributed by atoms with Crippen LogP contribution in [0.3, 0.4) is 0 Å². The Bertz CT molecular complexity index is 631. The summed E-state index contributed by atoms with van der Waals surface area (Å²) in [6, 6.07) is 1.62. The van der Waals surface area contributed by atoms with Crippen LogP contribution >= 0.6 is 0 Å². The van der Waals surface area contributed by atoms with Crippen molar-refractivity contribution >= 4 is 5.91 Å². The van der Waals surface area contributed by atoms with Crippen LogP contribution in [0.25, 0.3) is 0 Å². The molecule has 7 nitrogen and oxygen atoms in total. The molecule has 1 amide bonds. The zero-order valence-corrected chi connectivity index (χ0v) is 12.1. The summed E-state index contributed by atoms with van der Waals surface area (Å²) in [6.45, 7) is 3.27. The van der Waals surface area contributed by atoms with Gasteiger partial charge in [0, 0.05) is 32.0 Å². The normalized spacial score (nSPS) is 14.5. The van der Waals surface area contributed by atoms with E-state index in [0.717, 1.165) is 24.6 Å². The fraction of sp³-hybridized carbons (Fsp3) is 0.571. The van der Waals surface area contributed by atoms with E-state index in [9.17, 15) is 4.79 Å². The van der Waals surface area contributed by atoms with Crippen LogP contribution in [0.15, 0.2) is 10.6 Å². The molecule has 2 aromatic rings. The largest absolute Gasteiger partial charge is 0.351 e. The molecule has 0 fully saturated rings. The third-order valence-corrected chi connectivity index (χ3v) is 3.67. The van der Waals surface area contributed by atoms with Crippen molar-refractivity contribution in [3.05, 3.63) is 29.2 Å². The van der Waals surface area contributed by atoms with Crippen molar-refractivity contribution in [2.75, 3.05) is 6.54 Å². The third kappa shape index (κ3) is 3.12. The van der Waals surface area contributed by atoms with Gasteiger partial charge < -0.3 is 14.4 Å². The molecule has 0 unspecified atom stereocenters. The van der Waals surface area contributed by atoms with Crippen LogP contribution in [-0.2, 0) is 19.4 Å². The average Bonchev–Trinajstić information content (AvgIpc) is 2.99. The third-order valence-electron chi connectivity index (χ3n) is 3.67. The van der Waals surface area contributed by atoms with E-state index in [-0.39, 0.29) is 11.7 Å². The minimum Gasteiger partial charge on any atom is -0.351 e. The van der Waals surface area contributed by atoms with Crippen LogP contribution in [0, 0.1) is 6.92 Å². The highest BCUT2D eigenvalue weighted by molar-refractivity contribution is 5.91. The minimum atomic E-state index is -0.244.